The van der Waals surface area contributed by atoms with Gasteiger partial charge < -0.3 is 10.6 Å². The standard InChI is InChI=1S/C16H14BrFN2O/c17-14-6-3-4-12(10-14)8-9-19-16(21)20-11-13-5-1-2-7-15(13)18/h1-10H,11H2,(H2,19,20,21)/b9-8+. The fourth-order valence-corrected chi connectivity index (χ4v) is 2.11. The van der Waals surface area contributed by atoms with Crippen molar-refractivity contribution < 1.29 is 9.18 Å². The molecular formula is C16H14BrFN2O. The van der Waals surface area contributed by atoms with Crippen molar-refractivity contribution in [3.63, 3.8) is 0 Å². The van der Waals surface area contributed by atoms with Crippen molar-refractivity contribution in [2.24, 2.45) is 0 Å². The summed E-state index contributed by atoms with van der Waals surface area (Å²) in [4.78, 5) is 11.6. The molecule has 0 atom stereocenters. The van der Waals surface area contributed by atoms with Crippen LogP contribution in [0.25, 0.3) is 6.08 Å². The summed E-state index contributed by atoms with van der Waals surface area (Å²) in [5, 5.41) is 5.16. The Kier molecular flexibility index (Phi) is 5.51. The Bertz CT molecular complexity index is 658. The number of hydrogen-bond donors (Lipinski definition) is 2. The number of carbonyl (C=O) groups is 1. The first kappa shape index (κ1) is 15.3. The number of urea groups is 1. The molecule has 21 heavy (non-hydrogen) atoms. The Morgan fingerprint density at radius 1 is 1.19 bits per heavy atom. The number of carbonyl (C=O) groups excluding carboxylic acids is 1. The predicted octanol–water partition coefficient (Wildman–Crippen LogP) is 4.06. The van der Waals surface area contributed by atoms with E-state index < -0.39 is 0 Å². The molecule has 0 aliphatic heterocycles. The summed E-state index contributed by atoms with van der Waals surface area (Å²) in [6.07, 6.45) is 3.31. The number of rotatable bonds is 4. The second-order valence-corrected chi connectivity index (χ2v) is 5.22. The minimum Gasteiger partial charge on any atom is -0.334 e. The van der Waals surface area contributed by atoms with E-state index in [1.165, 1.54) is 6.07 Å². The highest BCUT2D eigenvalue weighted by molar-refractivity contribution is 9.10. The number of amides is 2. The predicted molar refractivity (Wildman–Crippen MR) is 84.9 cm³/mol. The molecule has 0 aromatic heterocycles. The Hall–Kier alpha value is -2.14. The molecule has 0 fully saturated rings. The normalized spacial score (nSPS) is 10.6. The molecule has 0 unspecified atom stereocenters. The maximum Gasteiger partial charge on any atom is 0.319 e. The first-order valence-electron chi connectivity index (χ1n) is 6.35. The van der Waals surface area contributed by atoms with E-state index in [0.29, 0.717) is 5.56 Å². The van der Waals surface area contributed by atoms with Crippen LogP contribution in [0.1, 0.15) is 11.1 Å². The molecule has 5 heteroatoms. The van der Waals surface area contributed by atoms with Crippen LogP contribution in [0.4, 0.5) is 9.18 Å². The van der Waals surface area contributed by atoms with E-state index in [4.69, 9.17) is 0 Å². The van der Waals surface area contributed by atoms with Gasteiger partial charge in [0, 0.05) is 22.8 Å². The van der Waals surface area contributed by atoms with Crippen LogP contribution in [0.5, 0.6) is 0 Å². The highest BCUT2D eigenvalue weighted by atomic mass is 79.9. The molecule has 3 nitrogen and oxygen atoms in total. The van der Waals surface area contributed by atoms with Crippen molar-refractivity contribution in [1.82, 2.24) is 10.6 Å². The maximum atomic E-state index is 13.4. The average molecular weight is 349 g/mol. The van der Waals surface area contributed by atoms with Gasteiger partial charge in [-0.15, -0.1) is 0 Å². The SMILES string of the molecule is O=C(N/C=C/c1cccc(Br)c1)NCc1ccccc1F. The van der Waals surface area contributed by atoms with Crippen molar-refractivity contribution in [3.8, 4) is 0 Å². The molecule has 2 aromatic rings. The lowest BCUT2D eigenvalue weighted by molar-refractivity contribution is 0.243. The third-order valence-corrected chi connectivity index (χ3v) is 3.23. The Morgan fingerprint density at radius 2 is 2.00 bits per heavy atom. The largest absolute Gasteiger partial charge is 0.334 e. The van der Waals surface area contributed by atoms with E-state index in [1.54, 1.807) is 30.5 Å². The summed E-state index contributed by atoms with van der Waals surface area (Å²) >= 11 is 3.37. The van der Waals surface area contributed by atoms with Crippen LogP contribution in [0.2, 0.25) is 0 Å². The maximum absolute atomic E-state index is 13.4. The van der Waals surface area contributed by atoms with Crippen molar-refractivity contribution in [2.45, 2.75) is 6.54 Å². The van der Waals surface area contributed by atoms with Crippen LogP contribution in [0, 0.1) is 5.82 Å². The Morgan fingerprint density at radius 3 is 2.76 bits per heavy atom. The Balaban J connectivity index is 1.81. The van der Waals surface area contributed by atoms with Gasteiger partial charge in [0.2, 0.25) is 0 Å². The van der Waals surface area contributed by atoms with Crippen molar-refractivity contribution in [1.29, 1.82) is 0 Å². The zero-order valence-corrected chi connectivity index (χ0v) is 12.7. The first-order chi connectivity index (χ1) is 10.1. The number of nitrogens with one attached hydrogen (secondary N) is 2. The minimum absolute atomic E-state index is 0.142. The number of halogens is 2. The second kappa shape index (κ2) is 7.59. The van der Waals surface area contributed by atoms with E-state index in [2.05, 4.69) is 26.6 Å². The molecule has 0 saturated carbocycles. The molecule has 0 radical (unpaired) electrons. The molecule has 2 aromatic carbocycles. The fraction of sp³-hybridized carbons (Fsp3) is 0.0625. The van der Waals surface area contributed by atoms with Crippen LogP contribution in [0.3, 0.4) is 0 Å². The summed E-state index contributed by atoms with van der Waals surface area (Å²) in [5.74, 6) is -0.331. The van der Waals surface area contributed by atoms with Gasteiger partial charge in [-0.3, -0.25) is 0 Å². The quantitative estimate of drug-likeness (QED) is 0.859. The molecular weight excluding hydrogens is 335 g/mol. The van der Waals surface area contributed by atoms with Gasteiger partial charge >= 0.3 is 6.03 Å². The van der Waals surface area contributed by atoms with Crippen LogP contribution in [-0.4, -0.2) is 6.03 Å². The van der Waals surface area contributed by atoms with E-state index in [-0.39, 0.29) is 18.4 Å². The third kappa shape index (κ3) is 5.04. The monoisotopic (exact) mass is 348 g/mol. The van der Waals surface area contributed by atoms with Gasteiger partial charge in [-0.2, -0.15) is 0 Å². The molecule has 0 heterocycles. The van der Waals surface area contributed by atoms with Gasteiger partial charge in [0.1, 0.15) is 5.82 Å². The summed E-state index contributed by atoms with van der Waals surface area (Å²) in [6, 6.07) is 13.6. The molecule has 2 N–H and O–H groups in total. The molecule has 0 saturated heterocycles. The van der Waals surface area contributed by atoms with E-state index in [1.807, 2.05) is 24.3 Å². The summed E-state index contributed by atoms with van der Waals surface area (Å²) in [5.41, 5.74) is 1.40. The summed E-state index contributed by atoms with van der Waals surface area (Å²) < 4.78 is 14.3. The van der Waals surface area contributed by atoms with Gasteiger partial charge in [-0.1, -0.05) is 46.3 Å². The van der Waals surface area contributed by atoms with Crippen LogP contribution >= 0.6 is 15.9 Å². The number of benzene rings is 2. The molecule has 0 bridgehead atoms. The van der Waals surface area contributed by atoms with Gasteiger partial charge in [0.25, 0.3) is 0 Å². The molecule has 0 aliphatic carbocycles. The summed E-state index contributed by atoms with van der Waals surface area (Å²) in [6.45, 7) is 0.142. The summed E-state index contributed by atoms with van der Waals surface area (Å²) in [7, 11) is 0. The van der Waals surface area contributed by atoms with Crippen LogP contribution < -0.4 is 10.6 Å². The first-order valence-corrected chi connectivity index (χ1v) is 7.14. The van der Waals surface area contributed by atoms with Gasteiger partial charge in [-0.25, -0.2) is 9.18 Å². The molecule has 108 valence electrons. The Labute approximate surface area is 131 Å². The zero-order chi connectivity index (χ0) is 15.1. The molecule has 0 aliphatic rings. The number of hydrogen-bond acceptors (Lipinski definition) is 1. The van der Waals surface area contributed by atoms with Crippen molar-refractivity contribution in [3.05, 3.63) is 76.1 Å². The molecule has 2 rings (SSSR count). The van der Waals surface area contributed by atoms with Crippen molar-refractivity contribution in [2.75, 3.05) is 0 Å². The average Bonchev–Trinajstić information content (AvgIpc) is 2.46. The third-order valence-electron chi connectivity index (χ3n) is 2.74. The highest BCUT2D eigenvalue weighted by Gasteiger charge is 2.02. The smallest absolute Gasteiger partial charge is 0.319 e. The molecule has 2 amide bonds. The fourth-order valence-electron chi connectivity index (χ4n) is 1.69. The van der Waals surface area contributed by atoms with Crippen molar-refractivity contribution >= 4 is 28.0 Å². The lowest BCUT2D eigenvalue weighted by Gasteiger charge is -2.05. The van der Waals surface area contributed by atoms with Gasteiger partial charge in [0.05, 0.1) is 0 Å². The van der Waals surface area contributed by atoms with E-state index in [0.717, 1.165) is 10.0 Å². The second-order valence-electron chi connectivity index (χ2n) is 4.31. The lowest BCUT2D eigenvalue weighted by atomic mass is 10.2. The van der Waals surface area contributed by atoms with E-state index >= 15 is 0 Å². The van der Waals surface area contributed by atoms with Crippen LogP contribution in [0.15, 0.2) is 59.2 Å². The lowest BCUT2D eigenvalue weighted by Crippen LogP contribution is -2.31. The van der Waals surface area contributed by atoms with Crippen LogP contribution in [-0.2, 0) is 6.54 Å². The topological polar surface area (TPSA) is 41.1 Å². The van der Waals surface area contributed by atoms with Gasteiger partial charge in [-0.05, 0) is 29.8 Å². The molecule has 0 spiro atoms. The highest BCUT2D eigenvalue weighted by Crippen LogP contribution is 2.12. The van der Waals surface area contributed by atoms with E-state index in [9.17, 15) is 9.18 Å². The zero-order valence-electron chi connectivity index (χ0n) is 11.1. The van der Waals surface area contributed by atoms with Gasteiger partial charge in [0.15, 0.2) is 0 Å². The minimum atomic E-state index is -0.385.